The van der Waals surface area contributed by atoms with E-state index in [1.165, 1.54) is 36.7 Å². The van der Waals surface area contributed by atoms with Gasteiger partial charge in [-0.05, 0) is 24.3 Å². The number of pyridine rings is 1. The van der Waals surface area contributed by atoms with Gasteiger partial charge in [0.15, 0.2) is 12.4 Å². The lowest BCUT2D eigenvalue weighted by molar-refractivity contribution is -0.119. The maximum atomic E-state index is 12.3. The molecule has 0 atom stereocenters. The summed E-state index contributed by atoms with van der Waals surface area (Å²) >= 11 is 0. The van der Waals surface area contributed by atoms with Crippen LogP contribution < -0.4 is 10.1 Å². The molecule has 0 spiro atoms. The highest BCUT2D eigenvalue weighted by Crippen LogP contribution is 2.16. The van der Waals surface area contributed by atoms with Crippen molar-refractivity contribution in [2.45, 2.75) is 0 Å². The van der Waals surface area contributed by atoms with Crippen LogP contribution >= 0.6 is 0 Å². The second kappa shape index (κ2) is 7.88. The number of nitrogens with zero attached hydrogens (tertiary/aromatic N) is 4. The van der Waals surface area contributed by atoms with Crippen LogP contribution in [-0.2, 0) is 9.53 Å². The van der Waals surface area contributed by atoms with Gasteiger partial charge in [-0.3, -0.25) is 4.79 Å². The molecule has 2 heterocycles. The summed E-state index contributed by atoms with van der Waals surface area (Å²) in [5, 5.41) is 6.57. The van der Waals surface area contributed by atoms with Crippen molar-refractivity contribution in [2.75, 3.05) is 19.0 Å². The standard InChI is InChI=1S/C17H15N5O4/c1-25-13-5-2-4-12(8-13)21-15(23)9-26-17(24)14-6-3-7-19-16(14)22-11-18-10-20-22/h2-8,10-11H,9H2,1H3,(H,21,23). The smallest absolute Gasteiger partial charge is 0.342 e. The Hall–Kier alpha value is -3.75. The second-order valence-corrected chi connectivity index (χ2v) is 5.07. The summed E-state index contributed by atoms with van der Waals surface area (Å²) in [5.74, 6) is -0.293. The van der Waals surface area contributed by atoms with E-state index in [9.17, 15) is 9.59 Å². The fraction of sp³-hybridized carbons (Fsp3) is 0.118. The first kappa shape index (κ1) is 17.1. The summed E-state index contributed by atoms with van der Waals surface area (Å²) in [7, 11) is 1.53. The molecule has 9 heteroatoms. The van der Waals surface area contributed by atoms with Crippen LogP contribution in [0.2, 0.25) is 0 Å². The van der Waals surface area contributed by atoms with E-state index in [1.54, 1.807) is 30.3 Å². The lowest BCUT2D eigenvalue weighted by atomic mass is 10.2. The van der Waals surface area contributed by atoms with Crippen LogP contribution in [-0.4, -0.2) is 45.3 Å². The normalized spacial score (nSPS) is 10.2. The molecule has 132 valence electrons. The molecule has 0 aliphatic heterocycles. The average molecular weight is 353 g/mol. The lowest BCUT2D eigenvalue weighted by Crippen LogP contribution is -2.21. The Kier molecular flexibility index (Phi) is 5.18. The van der Waals surface area contributed by atoms with E-state index in [4.69, 9.17) is 9.47 Å². The molecule has 0 saturated carbocycles. The van der Waals surface area contributed by atoms with Gasteiger partial charge in [0.2, 0.25) is 0 Å². The highest BCUT2D eigenvalue weighted by molar-refractivity contribution is 5.96. The molecule has 3 rings (SSSR count). The van der Waals surface area contributed by atoms with Crippen molar-refractivity contribution in [1.29, 1.82) is 0 Å². The summed E-state index contributed by atoms with van der Waals surface area (Å²) in [4.78, 5) is 32.2. The molecular weight excluding hydrogens is 338 g/mol. The maximum absolute atomic E-state index is 12.3. The summed E-state index contributed by atoms with van der Waals surface area (Å²) < 4.78 is 11.5. The molecule has 0 aliphatic rings. The summed E-state index contributed by atoms with van der Waals surface area (Å²) in [6.07, 6.45) is 4.25. The Morgan fingerprint density at radius 2 is 2.12 bits per heavy atom. The van der Waals surface area contributed by atoms with Gasteiger partial charge in [-0.15, -0.1) is 0 Å². The molecule has 0 aliphatic carbocycles. The van der Waals surface area contributed by atoms with Gasteiger partial charge >= 0.3 is 5.97 Å². The molecule has 0 radical (unpaired) electrons. The topological polar surface area (TPSA) is 108 Å². The number of aromatic nitrogens is 4. The van der Waals surface area contributed by atoms with Crippen molar-refractivity contribution in [3.63, 3.8) is 0 Å². The Bertz CT molecular complexity index is 911. The molecule has 0 fully saturated rings. The summed E-state index contributed by atoms with van der Waals surface area (Å²) in [5.41, 5.74) is 0.710. The fourth-order valence-corrected chi connectivity index (χ4v) is 2.16. The van der Waals surface area contributed by atoms with Crippen molar-refractivity contribution in [2.24, 2.45) is 0 Å². The Morgan fingerprint density at radius 3 is 2.88 bits per heavy atom. The van der Waals surface area contributed by atoms with Crippen molar-refractivity contribution in [1.82, 2.24) is 19.7 Å². The molecule has 3 aromatic rings. The predicted molar refractivity (Wildman–Crippen MR) is 91.1 cm³/mol. The maximum Gasteiger partial charge on any atom is 0.342 e. The number of amides is 1. The van der Waals surface area contributed by atoms with Gasteiger partial charge in [0.1, 0.15) is 24.0 Å². The van der Waals surface area contributed by atoms with Gasteiger partial charge in [-0.2, -0.15) is 5.10 Å². The second-order valence-electron chi connectivity index (χ2n) is 5.07. The third kappa shape index (κ3) is 4.01. The van der Waals surface area contributed by atoms with Crippen LogP contribution in [0, 0.1) is 0 Å². The van der Waals surface area contributed by atoms with E-state index >= 15 is 0 Å². The zero-order chi connectivity index (χ0) is 18.4. The number of anilines is 1. The van der Waals surface area contributed by atoms with Gasteiger partial charge in [0.25, 0.3) is 5.91 Å². The van der Waals surface area contributed by atoms with E-state index in [-0.39, 0.29) is 11.4 Å². The fourth-order valence-electron chi connectivity index (χ4n) is 2.16. The number of esters is 1. The first-order chi connectivity index (χ1) is 12.7. The molecule has 1 aromatic carbocycles. The Labute approximate surface area is 148 Å². The summed E-state index contributed by atoms with van der Waals surface area (Å²) in [6, 6.07) is 9.97. The Morgan fingerprint density at radius 1 is 1.23 bits per heavy atom. The molecule has 0 bridgehead atoms. The molecule has 9 nitrogen and oxygen atoms in total. The number of hydrogen-bond donors (Lipinski definition) is 1. The van der Waals surface area contributed by atoms with E-state index < -0.39 is 18.5 Å². The van der Waals surface area contributed by atoms with Crippen molar-refractivity contribution >= 4 is 17.6 Å². The van der Waals surface area contributed by atoms with Crippen LogP contribution in [0.5, 0.6) is 5.75 Å². The van der Waals surface area contributed by atoms with E-state index in [1.807, 2.05) is 0 Å². The Balaban J connectivity index is 1.63. The summed E-state index contributed by atoms with van der Waals surface area (Å²) in [6.45, 7) is -0.443. The van der Waals surface area contributed by atoms with Crippen LogP contribution in [0.1, 0.15) is 10.4 Å². The highest BCUT2D eigenvalue weighted by Gasteiger charge is 2.17. The lowest BCUT2D eigenvalue weighted by Gasteiger charge is -2.09. The SMILES string of the molecule is COc1cccc(NC(=O)COC(=O)c2cccnc2-n2cncn2)c1. The average Bonchev–Trinajstić information content (AvgIpc) is 3.21. The van der Waals surface area contributed by atoms with Crippen LogP contribution in [0.3, 0.4) is 0 Å². The molecule has 0 unspecified atom stereocenters. The van der Waals surface area contributed by atoms with Crippen LogP contribution in [0.25, 0.3) is 5.82 Å². The minimum atomic E-state index is -0.690. The molecule has 1 N–H and O–H groups in total. The zero-order valence-electron chi connectivity index (χ0n) is 13.8. The van der Waals surface area contributed by atoms with Crippen molar-refractivity contribution in [3.05, 3.63) is 60.8 Å². The zero-order valence-corrected chi connectivity index (χ0v) is 13.8. The number of ether oxygens (including phenoxy) is 2. The van der Waals surface area contributed by atoms with E-state index in [2.05, 4.69) is 20.4 Å². The number of rotatable bonds is 6. The number of hydrogen-bond acceptors (Lipinski definition) is 7. The number of nitrogens with one attached hydrogen (secondary N) is 1. The van der Waals surface area contributed by atoms with E-state index in [0.29, 0.717) is 11.4 Å². The molecular formula is C17H15N5O4. The molecule has 2 aromatic heterocycles. The minimum Gasteiger partial charge on any atom is -0.497 e. The molecule has 0 saturated heterocycles. The minimum absolute atomic E-state index is 0.173. The quantitative estimate of drug-likeness (QED) is 0.668. The van der Waals surface area contributed by atoms with Gasteiger partial charge in [-0.1, -0.05) is 6.07 Å². The van der Waals surface area contributed by atoms with Gasteiger partial charge in [0, 0.05) is 18.0 Å². The van der Waals surface area contributed by atoms with Crippen LogP contribution in [0.4, 0.5) is 5.69 Å². The van der Waals surface area contributed by atoms with Gasteiger partial charge in [0.05, 0.1) is 7.11 Å². The van der Waals surface area contributed by atoms with Gasteiger partial charge in [-0.25, -0.2) is 19.4 Å². The number of carbonyl (C=O) groups excluding carboxylic acids is 2. The first-order valence-electron chi connectivity index (χ1n) is 7.58. The van der Waals surface area contributed by atoms with Gasteiger partial charge < -0.3 is 14.8 Å². The monoisotopic (exact) mass is 353 g/mol. The predicted octanol–water partition coefficient (Wildman–Crippen LogP) is 1.47. The van der Waals surface area contributed by atoms with Crippen molar-refractivity contribution in [3.8, 4) is 11.6 Å². The van der Waals surface area contributed by atoms with Crippen LogP contribution in [0.15, 0.2) is 55.2 Å². The first-order valence-corrected chi connectivity index (χ1v) is 7.58. The largest absolute Gasteiger partial charge is 0.497 e. The number of methoxy groups -OCH3 is 1. The number of carbonyl (C=O) groups is 2. The third-order valence-electron chi connectivity index (χ3n) is 3.33. The number of benzene rings is 1. The third-order valence-corrected chi connectivity index (χ3v) is 3.33. The molecule has 26 heavy (non-hydrogen) atoms. The molecule has 1 amide bonds. The van der Waals surface area contributed by atoms with E-state index in [0.717, 1.165) is 0 Å². The highest BCUT2D eigenvalue weighted by atomic mass is 16.5. The van der Waals surface area contributed by atoms with Crippen molar-refractivity contribution < 1.29 is 19.1 Å².